The Morgan fingerprint density at radius 1 is 1.23 bits per heavy atom. The first kappa shape index (κ1) is 18.7. The van der Waals surface area contributed by atoms with Crippen molar-refractivity contribution in [1.29, 1.82) is 0 Å². The lowest BCUT2D eigenvalue weighted by Gasteiger charge is -2.40. The van der Waals surface area contributed by atoms with Gasteiger partial charge in [-0.15, -0.1) is 0 Å². The number of carbonyl (C=O) groups is 2. The van der Waals surface area contributed by atoms with Gasteiger partial charge in [0.25, 0.3) is 0 Å². The Morgan fingerprint density at radius 3 is 2.32 bits per heavy atom. The summed E-state index contributed by atoms with van der Waals surface area (Å²) in [6.45, 7) is 8.44. The number of carboxylic acid groups (broad SMARTS) is 1. The van der Waals surface area contributed by atoms with Gasteiger partial charge in [-0.05, 0) is 57.3 Å². The maximum Gasteiger partial charge on any atom is 0.331 e. The van der Waals surface area contributed by atoms with Gasteiger partial charge in [0, 0.05) is 12.2 Å². The van der Waals surface area contributed by atoms with Crippen molar-refractivity contribution in [2.24, 2.45) is 17.8 Å². The molecule has 0 aromatic carbocycles. The molecule has 1 N–H and O–H groups in total. The summed E-state index contributed by atoms with van der Waals surface area (Å²) in [5, 5.41) is 8.54. The third-order valence-electron chi connectivity index (χ3n) is 5.03. The van der Waals surface area contributed by atoms with E-state index in [4.69, 9.17) is 9.84 Å². The highest BCUT2D eigenvalue weighted by atomic mass is 16.6. The van der Waals surface area contributed by atoms with Crippen molar-refractivity contribution >= 4 is 11.9 Å². The van der Waals surface area contributed by atoms with Crippen molar-refractivity contribution in [3.05, 3.63) is 12.2 Å². The first-order chi connectivity index (χ1) is 10.3. The van der Waals surface area contributed by atoms with Crippen LogP contribution >= 0.6 is 0 Å². The van der Waals surface area contributed by atoms with Gasteiger partial charge in [-0.1, -0.05) is 26.7 Å². The van der Waals surface area contributed by atoms with E-state index in [2.05, 4.69) is 13.8 Å². The topological polar surface area (TPSA) is 63.6 Å². The maximum absolute atomic E-state index is 11.7. The molecule has 0 aliphatic heterocycles. The van der Waals surface area contributed by atoms with Crippen LogP contribution < -0.4 is 0 Å². The number of esters is 1. The molecule has 22 heavy (non-hydrogen) atoms. The number of hydrogen-bond donors (Lipinski definition) is 1. The molecule has 126 valence electrons. The number of carbonyl (C=O) groups excluding carboxylic acids is 1. The number of carboxylic acids is 1. The highest BCUT2D eigenvalue weighted by Crippen LogP contribution is 2.40. The van der Waals surface area contributed by atoms with Crippen molar-refractivity contribution in [2.45, 2.75) is 71.8 Å². The zero-order valence-corrected chi connectivity index (χ0v) is 14.3. The number of ether oxygens (including phenoxy) is 1. The highest BCUT2D eigenvalue weighted by molar-refractivity contribution is 5.90. The zero-order chi connectivity index (χ0) is 16.8. The molecule has 1 saturated carbocycles. The molecule has 0 amide bonds. The Labute approximate surface area is 133 Å². The molecule has 0 aromatic heterocycles. The van der Waals surface area contributed by atoms with E-state index in [0.29, 0.717) is 5.92 Å². The second kappa shape index (κ2) is 8.35. The van der Waals surface area contributed by atoms with E-state index in [1.165, 1.54) is 25.7 Å². The minimum Gasteiger partial charge on any atom is -0.478 e. The fourth-order valence-electron chi connectivity index (χ4n) is 3.59. The molecule has 1 fully saturated rings. The van der Waals surface area contributed by atoms with Gasteiger partial charge >= 0.3 is 11.9 Å². The molecule has 1 aliphatic rings. The lowest BCUT2D eigenvalue weighted by atomic mass is 9.71. The van der Waals surface area contributed by atoms with Crippen LogP contribution in [0.5, 0.6) is 0 Å². The second-order valence-electron chi connectivity index (χ2n) is 7.07. The van der Waals surface area contributed by atoms with E-state index in [0.717, 1.165) is 36.8 Å². The number of rotatable bonds is 7. The van der Waals surface area contributed by atoms with E-state index in [-0.39, 0.29) is 0 Å². The van der Waals surface area contributed by atoms with Gasteiger partial charge in [0.2, 0.25) is 0 Å². The Kier molecular flexibility index (Phi) is 7.11. The van der Waals surface area contributed by atoms with Crippen LogP contribution in [0.2, 0.25) is 0 Å². The molecule has 0 radical (unpaired) electrons. The second-order valence-corrected chi connectivity index (χ2v) is 7.07. The summed E-state index contributed by atoms with van der Waals surface area (Å²) in [6, 6.07) is 0. The van der Waals surface area contributed by atoms with E-state index in [9.17, 15) is 9.59 Å². The van der Waals surface area contributed by atoms with Crippen LogP contribution in [0.3, 0.4) is 0 Å². The first-order valence-electron chi connectivity index (χ1n) is 8.40. The van der Waals surface area contributed by atoms with Crippen LogP contribution in [0.15, 0.2) is 12.2 Å². The summed E-state index contributed by atoms with van der Waals surface area (Å²) in [5.74, 6) is 0.193. The lowest BCUT2D eigenvalue weighted by Crippen LogP contribution is -2.39. The summed E-state index contributed by atoms with van der Waals surface area (Å²) >= 11 is 0. The van der Waals surface area contributed by atoms with Gasteiger partial charge in [0.1, 0.15) is 5.60 Å². The van der Waals surface area contributed by atoms with E-state index in [1.807, 2.05) is 13.8 Å². The summed E-state index contributed by atoms with van der Waals surface area (Å²) in [5.41, 5.74) is -0.543. The molecule has 0 spiro atoms. The van der Waals surface area contributed by atoms with Crippen LogP contribution in [0, 0.1) is 17.8 Å². The van der Waals surface area contributed by atoms with Gasteiger partial charge < -0.3 is 9.84 Å². The molecule has 1 unspecified atom stereocenters. The lowest BCUT2D eigenvalue weighted by molar-refractivity contribution is -0.157. The van der Waals surface area contributed by atoms with Gasteiger partial charge in [-0.25, -0.2) is 9.59 Å². The van der Waals surface area contributed by atoms with Gasteiger partial charge in [-0.3, -0.25) is 0 Å². The quantitative estimate of drug-likeness (QED) is 0.565. The minimum absolute atomic E-state index is 0.347. The van der Waals surface area contributed by atoms with Crippen LogP contribution in [0.1, 0.15) is 66.2 Å². The molecule has 0 bridgehead atoms. The van der Waals surface area contributed by atoms with E-state index in [1.54, 1.807) is 0 Å². The van der Waals surface area contributed by atoms with Gasteiger partial charge in [0.05, 0.1) is 0 Å². The molecular weight excluding hydrogens is 280 g/mol. The fourth-order valence-corrected chi connectivity index (χ4v) is 3.59. The predicted molar refractivity (Wildman–Crippen MR) is 86.5 cm³/mol. The fraction of sp³-hybridized carbons (Fsp3) is 0.778. The predicted octanol–water partition coefficient (Wildman–Crippen LogP) is 4.19. The molecule has 0 heterocycles. The molecule has 0 aromatic rings. The van der Waals surface area contributed by atoms with Crippen LogP contribution in [-0.2, 0) is 14.3 Å². The van der Waals surface area contributed by atoms with Gasteiger partial charge in [0.15, 0.2) is 0 Å². The van der Waals surface area contributed by atoms with Crippen LogP contribution in [-0.4, -0.2) is 22.6 Å². The molecule has 1 rings (SSSR count). The zero-order valence-electron chi connectivity index (χ0n) is 14.3. The Bertz CT molecular complexity index is 403. The largest absolute Gasteiger partial charge is 0.478 e. The van der Waals surface area contributed by atoms with E-state index < -0.39 is 17.5 Å². The van der Waals surface area contributed by atoms with Crippen LogP contribution in [0.4, 0.5) is 0 Å². The molecule has 1 atom stereocenters. The van der Waals surface area contributed by atoms with Crippen LogP contribution in [0.25, 0.3) is 0 Å². The van der Waals surface area contributed by atoms with Crippen molar-refractivity contribution in [3.8, 4) is 0 Å². The first-order valence-corrected chi connectivity index (χ1v) is 8.40. The maximum atomic E-state index is 11.7. The normalized spacial score (nSPS) is 24.2. The Morgan fingerprint density at radius 2 is 1.82 bits per heavy atom. The summed E-state index contributed by atoms with van der Waals surface area (Å²) in [7, 11) is 0. The summed E-state index contributed by atoms with van der Waals surface area (Å²) in [6.07, 6.45) is 8.85. The summed E-state index contributed by atoms with van der Waals surface area (Å²) < 4.78 is 5.48. The molecule has 4 heteroatoms. The monoisotopic (exact) mass is 310 g/mol. The Balaban J connectivity index is 2.50. The van der Waals surface area contributed by atoms with E-state index >= 15 is 0 Å². The summed E-state index contributed by atoms with van der Waals surface area (Å²) in [4.78, 5) is 22.1. The average molecular weight is 310 g/mol. The molecule has 1 aliphatic carbocycles. The van der Waals surface area contributed by atoms with Crippen molar-refractivity contribution in [3.63, 3.8) is 0 Å². The number of hydrogen-bond acceptors (Lipinski definition) is 3. The molecule has 4 nitrogen and oxygen atoms in total. The van der Waals surface area contributed by atoms with Gasteiger partial charge in [-0.2, -0.15) is 0 Å². The van der Waals surface area contributed by atoms with Crippen molar-refractivity contribution in [2.75, 3.05) is 0 Å². The Hall–Kier alpha value is -1.32. The third kappa shape index (κ3) is 5.82. The molecular formula is C18H30O4. The van der Waals surface area contributed by atoms with Crippen molar-refractivity contribution < 1.29 is 19.4 Å². The smallest absolute Gasteiger partial charge is 0.331 e. The average Bonchev–Trinajstić information content (AvgIpc) is 2.45. The minimum atomic E-state index is -1.14. The van der Waals surface area contributed by atoms with Crippen molar-refractivity contribution in [1.82, 2.24) is 0 Å². The standard InChI is InChI=1S/C18H30O4/c1-5-6-13(2)14-7-9-15(10-8-14)18(3,4)22-17(21)12-11-16(19)20/h11-15H,5-10H2,1-4H3,(H,19,20)/b12-11+. The SMILES string of the molecule is CCCC(C)C1CCC(C(C)(C)OC(=O)/C=C/C(=O)O)CC1. The number of aliphatic carboxylic acids is 1. The highest BCUT2D eigenvalue weighted by Gasteiger charge is 2.36. The molecule has 0 saturated heterocycles. The third-order valence-corrected chi connectivity index (χ3v) is 5.03.